The van der Waals surface area contributed by atoms with Crippen LogP contribution in [0.2, 0.25) is 0 Å². The predicted molar refractivity (Wildman–Crippen MR) is 89.5 cm³/mol. The fraction of sp³-hybridized carbons (Fsp3) is 0.438. The van der Waals surface area contributed by atoms with Gasteiger partial charge in [0.15, 0.2) is 0 Å². The van der Waals surface area contributed by atoms with E-state index in [1.165, 1.54) is 7.11 Å². The van der Waals surface area contributed by atoms with Gasteiger partial charge in [-0.05, 0) is 31.0 Å². The molecule has 1 N–H and O–H groups in total. The molecule has 7 heteroatoms. The van der Waals surface area contributed by atoms with E-state index in [2.05, 4.69) is 10.3 Å². The van der Waals surface area contributed by atoms with Crippen LogP contribution in [0.3, 0.4) is 0 Å². The van der Waals surface area contributed by atoms with E-state index >= 15 is 0 Å². The van der Waals surface area contributed by atoms with Crippen LogP contribution in [-0.2, 0) is 9.53 Å². The third-order valence-electron chi connectivity index (χ3n) is 4.62. The number of fused-ring (bicyclic) bond motifs is 1. The SMILES string of the molecule is COC(=O)[C@]1(C)CN(C(=O)Nc2ccc3scnc3c2)C[C@H]1C. The lowest BCUT2D eigenvalue weighted by atomic mass is 9.81. The van der Waals surface area contributed by atoms with Crippen molar-refractivity contribution in [2.75, 3.05) is 25.5 Å². The van der Waals surface area contributed by atoms with Gasteiger partial charge in [0.1, 0.15) is 0 Å². The number of hydrogen-bond donors (Lipinski definition) is 1. The summed E-state index contributed by atoms with van der Waals surface area (Å²) in [6, 6.07) is 5.44. The number of aromatic nitrogens is 1. The molecule has 2 amide bonds. The second-order valence-electron chi connectivity index (χ2n) is 6.16. The van der Waals surface area contributed by atoms with E-state index in [4.69, 9.17) is 4.74 Å². The molecule has 1 saturated heterocycles. The molecule has 0 saturated carbocycles. The molecule has 23 heavy (non-hydrogen) atoms. The lowest BCUT2D eigenvalue weighted by Crippen LogP contribution is -2.38. The van der Waals surface area contributed by atoms with E-state index < -0.39 is 5.41 Å². The van der Waals surface area contributed by atoms with Gasteiger partial charge in [0.25, 0.3) is 0 Å². The molecule has 1 aliphatic heterocycles. The van der Waals surface area contributed by atoms with Crippen LogP contribution in [-0.4, -0.2) is 42.1 Å². The van der Waals surface area contributed by atoms with Gasteiger partial charge in [-0.25, -0.2) is 9.78 Å². The molecular formula is C16H19N3O3S. The summed E-state index contributed by atoms with van der Waals surface area (Å²) in [6.45, 7) is 4.69. The third kappa shape index (κ3) is 2.76. The topological polar surface area (TPSA) is 71.5 Å². The zero-order chi connectivity index (χ0) is 16.6. The standard InChI is InChI=1S/C16H19N3O3S/c1-10-7-19(8-16(10,2)14(20)22-3)15(21)18-11-4-5-13-12(6-11)17-9-23-13/h4-6,9-10H,7-8H2,1-3H3,(H,18,21)/t10-,16-/m1/s1. The Morgan fingerprint density at radius 1 is 1.48 bits per heavy atom. The highest BCUT2D eigenvalue weighted by molar-refractivity contribution is 7.16. The van der Waals surface area contributed by atoms with Crippen LogP contribution >= 0.6 is 11.3 Å². The number of esters is 1. The quantitative estimate of drug-likeness (QED) is 0.858. The Kier molecular flexibility index (Phi) is 3.97. The summed E-state index contributed by atoms with van der Waals surface area (Å²) in [5.74, 6) is -0.231. The van der Waals surface area contributed by atoms with Gasteiger partial charge in [0.2, 0.25) is 0 Å². The molecule has 1 aliphatic rings. The molecule has 0 aliphatic carbocycles. The zero-order valence-electron chi connectivity index (χ0n) is 13.3. The maximum atomic E-state index is 12.5. The molecule has 1 fully saturated rings. The van der Waals surface area contributed by atoms with Crippen molar-refractivity contribution in [3.8, 4) is 0 Å². The highest BCUT2D eigenvalue weighted by atomic mass is 32.1. The molecule has 3 rings (SSSR count). The van der Waals surface area contributed by atoms with Crippen LogP contribution in [0.25, 0.3) is 10.2 Å². The van der Waals surface area contributed by atoms with Crippen LogP contribution in [0.5, 0.6) is 0 Å². The molecule has 0 bridgehead atoms. The van der Waals surface area contributed by atoms with Crippen molar-refractivity contribution >= 4 is 39.2 Å². The van der Waals surface area contributed by atoms with Gasteiger partial charge < -0.3 is 15.0 Å². The van der Waals surface area contributed by atoms with E-state index in [-0.39, 0.29) is 17.9 Å². The average molecular weight is 333 g/mol. The summed E-state index contributed by atoms with van der Waals surface area (Å²) in [6.07, 6.45) is 0. The number of rotatable bonds is 2. The van der Waals surface area contributed by atoms with Gasteiger partial charge in [0.05, 0.1) is 28.3 Å². The predicted octanol–water partition coefficient (Wildman–Crippen LogP) is 2.96. The normalized spacial score (nSPS) is 24.0. The Bertz CT molecular complexity index is 760. The van der Waals surface area contributed by atoms with Crippen molar-refractivity contribution in [1.82, 2.24) is 9.88 Å². The lowest BCUT2D eigenvalue weighted by molar-refractivity contribution is -0.152. The van der Waals surface area contributed by atoms with Crippen LogP contribution in [0, 0.1) is 11.3 Å². The largest absolute Gasteiger partial charge is 0.469 e. The summed E-state index contributed by atoms with van der Waals surface area (Å²) >= 11 is 1.56. The van der Waals surface area contributed by atoms with E-state index in [1.54, 1.807) is 21.7 Å². The number of amides is 2. The number of hydrogen-bond acceptors (Lipinski definition) is 5. The molecular weight excluding hydrogens is 314 g/mol. The van der Waals surface area contributed by atoms with E-state index in [9.17, 15) is 9.59 Å². The van der Waals surface area contributed by atoms with Crippen LogP contribution in [0.15, 0.2) is 23.7 Å². The molecule has 0 spiro atoms. The summed E-state index contributed by atoms with van der Waals surface area (Å²) in [7, 11) is 1.38. The van der Waals surface area contributed by atoms with Gasteiger partial charge in [-0.1, -0.05) is 6.92 Å². The maximum Gasteiger partial charge on any atom is 0.321 e. The van der Waals surface area contributed by atoms with Crippen molar-refractivity contribution in [2.24, 2.45) is 11.3 Å². The molecule has 0 unspecified atom stereocenters. The number of carbonyl (C=O) groups excluding carboxylic acids is 2. The first-order valence-corrected chi connectivity index (χ1v) is 8.29. The molecule has 6 nitrogen and oxygen atoms in total. The fourth-order valence-electron chi connectivity index (χ4n) is 2.94. The second-order valence-corrected chi connectivity index (χ2v) is 7.04. The third-order valence-corrected chi connectivity index (χ3v) is 5.43. The Morgan fingerprint density at radius 2 is 2.26 bits per heavy atom. The van der Waals surface area contributed by atoms with Gasteiger partial charge in [0, 0.05) is 18.8 Å². The van der Waals surface area contributed by atoms with E-state index in [0.717, 1.165) is 10.2 Å². The van der Waals surface area contributed by atoms with Crippen LogP contribution in [0.1, 0.15) is 13.8 Å². The number of nitrogens with zero attached hydrogens (tertiary/aromatic N) is 2. The monoisotopic (exact) mass is 333 g/mol. The molecule has 0 radical (unpaired) electrons. The lowest BCUT2D eigenvalue weighted by Gasteiger charge is -2.24. The summed E-state index contributed by atoms with van der Waals surface area (Å²) in [5, 5.41) is 2.88. The second kappa shape index (κ2) is 5.81. The minimum Gasteiger partial charge on any atom is -0.469 e. The molecule has 2 aromatic rings. The fourth-order valence-corrected chi connectivity index (χ4v) is 3.60. The minimum atomic E-state index is -0.662. The van der Waals surface area contributed by atoms with Crippen molar-refractivity contribution < 1.29 is 14.3 Å². The Morgan fingerprint density at radius 3 is 3.00 bits per heavy atom. The number of urea groups is 1. The van der Waals surface area contributed by atoms with Crippen molar-refractivity contribution in [3.05, 3.63) is 23.7 Å². The molecule has 2 heterocycles. The van der Waals surface area contributed by atoms with Crippen LogP contribution < -0.4 is 5.32 Å². The first-order chi connectivity index (χ1) is 10.9. The van der Waals surface area contributed by atoms with Crippen molar-refractivity contribution in [3.63, 3.8) is 0 Å². The van der Waals surface area contributed by atoms with E-state index in [1.807, 2.05) is 32.0 Å². The first-order valence-electron chi connectivity index (χ1n) is 7.41. The Hall–Kier alpha value is -2.15. The number of nitrogens with one attached hydrogen (secondary N) is 1. The van der Waals surface area contributed by atoms with Crippen molar-refractivity contribution in [2.45, 2.75) is 13.8 Å². The first kappa shape index (κ1) is 15.7. The van der Waals surface area contributed by atoms with Gasteiger partial charge in [-0.15, -0.1) is 11.3 Å². The number of likely N-dealkylation sites (tertiary alicyclic amines) is 1. The summed E-state index contributed by atoms with van der Waals surface area (Å²) in [4.78, 5) is 30.4. The minimum absolute atomic E-state index is 0.0433. The zero-order valence-corrected chi connectivity index (χ0v) is 14.1. The number of methoxy groups -OCH3 is 1. The van der Waals surface area contributed by atoms with E-state index in [0.29, 0.717) is 18.8 Å². The molecule has 2 atom stereocenters. The number of carbonyl (C=O) groups is 2. The molecule has 1 aromatic carbocycles. The van der Waals surface area contributed by atoms with Crippen molar-refractivity contribution in [1.29, 1.82) is 0 Å². The Balaban J connectivity index is 1.72. The summed E-state index contributed by atoms with van der Waals surface area (Å²) in [5.41, 5.74) is 2.68. The highest BCUT2D eigenvalue weighted by Crippen LogP contribution is 2.36. The average Bonchev–Trinajstić information content (AvgIpc) is 3.11. The van der Waals surface area contributed by atoms with Gasteiger partial charge >= 0.3 is 12.0 Å². The number of thiazole rings is 1. The van der Waals surface area contributed by atoms with Gasteiger partial charge in [-0.2, -0.15) is 0 Å². The van der Waals surface area contributed by atoms with Gasteiger partial charge in [-0.3, -0.25) is 4.79 Å². The number of ether oxygens (including phenoxy) is 1. The van der Waals surface area contributed by atoms with Crippen LogP contribution in [0.4, 0.5) is 10.5 Å². The summed E-state index contributed by atoms with van der Waals surface area (Å²) < 4.78 is 5.97. The maximum absolute atomic E-state index is 12.5. The molecule has 122 valence electrons. The highest BCUT2D eigenvalue weighted by Gasteiger charge is 2.48. The smallest absolute Gasteiger partial charge is 0.321 e. The number of benzene rings is 1. The number of anilines is 1. The molecule has 1 aromatic heterocycles. The Labute approximate surface area is 138 Å².